The Morgan fingerprint density at radius 3 is 2.81 bits per heavy atom. The standard InChI is InChI=1S/C23H19FN4O3/c1-14-10-16(6-7-18(14)24)22-21(19-8-9-25-13-26-19)23(31-28-22)27-20(29)12-15-4-3-5-17(11-15)30-2/h3-11,13H,12H2,1-2H3,(H,27,29). The highest BCUT2D eigenvalue weighted by Gasteiger charge is 2.22. The van der Waals surface area contributed by atoms with E-state index in [0.29, 0.717) is 33.8 Å². The van der Waals surface area contributed by atoms with Crippen LogP contribution in [0.1, 0.15) is 11.1 Å². The Morgan fingerprint density at radius 2 is 2.06 bits per heavy atom. The van der Waals surface area contributed by atoms with Crippen LogP contribution in [0.3, 0.4) is 0 Å². The van der Waals surface area contributed by atoms with Crippen LogP contribution in [-0.2, 0) is 11.2 Å². The highest BCUT2D eigenvalue weighted by atomic mass is 19.1. The molecule has 8 heteroatoms. The molecule has 156 valence electrons. The van der Waals surface area contributed by atoms with Crippen molar-refractivity contribution in [3.8, 4) is 28.3 Å². The third-order valence-corrected chi connectivity index (χ3v) is 4.71. The van der Waals surface area contributed by atoms with Gasteiger partial charge in [-0.3, -0.25) is 10.1 Å². The van der Waals surface area contributed by atoms with E-state index in [0.717, 1.165) is 5.56 Å². The quantitative estimate of drug-likeness (QED) is 0.498. The molecule has 0 aliphatic heterocycles. The summed E-state index contributed by atoms with van der Waals surface area (Å²) >= 11 is 0. The van der Waals surface area contributed by atoms with Crippen molar-refractivity contribution in [2.24, 2.45) is 0 Å². The van der Waals surface area contributed by atoms with Gasteiger partial charge < -0.3 is 9.26 Å². The third-order valence-electron chi connectivity index (χ3n) is 4.71. The van der Waals surface area contributed by atoms with Gasteiger partial charge in [0, 0.05) is 11.8 Å². The van der Waals surface area contributed by atoms with Crippen molar-refractivity contribution >= 4 is 11.8 Å². The number of benzene rings is 2. The van der Waals surface area contributed by atoms with Crippen molar-refractivity contribution in [3.63, 3.8) is 0 Å². The van der Waals surface area contributed by atoms with Crippen LogP contribution < -0.4 is 10.1 Å². The summed E-state index contributed by atoms with van der Waals surface area (Å²) in [6.07, 6.45) is 3.09. The molecule has 0 saturated carbocycles. The number of aromatic nitrogens is 3. The normalized spacial score (nSPS) is 10.7. The molecule has 4 aromatic rings. The van der Waals surface area contributed by atoms with Crippen LogP contribution >= 0.6 is 0 Å². The molecule has 2 aromatic heterocycles. The topological polar surface area (TPSA) is 90.1 Å². The summed E-state index contributed by atoms with van der Waals surface area (Å²) in [5.41, 5.74) is 3.35. The molecule has 0 radical (unpaired) electrons. The zero-order chi connectivity index (χ0) is 21.8. The van der Waals surface area contributed by atoms with Gasteiger partial charge in [0.1, 0.15) is 23.6 Å². The first-order valence-corrected chi connectivity index (χ1v) is 9.50. The van der Waals surface area contributed by atoms with E-state index in [-0.39, 0.29) is 24.0 Å². The first-order chi connectivity index (χ1) is 15.0. The summed E-state index contributed by atoms with van der Waals surface area (Å²) in [4.78, 5) is 20.9. The second kappa shape index (κ2) is 8.74. The first-order valence-electron chi connectivity index (χ1n) is 9.50. The molecule has 2 aromatic carbocycles. The SMILES string of the molecule is COc1cccc(CC(=O)Nc2onc(-c3ccc(F)c(C)c3)c2-c2ccncn2)c1. The Kier molecular flexibility index (Phi) is 5.70. The molecular formula is C23H19FN4O3. The third kappa shape index (κ3) is 4.42. The van der Waals surface area contributed by atoms with Crippen LogP contribution in [0.15, 0.2) is 65.6 Å². The fourth-order valence-corrected chi connectivity index (χ4v) is 3.18. The summed E-state index contributed by atoms with van der Waals surface area (Å²) < 4.78 is 24.4. The molecule has 31 heavy (non-hydrogen) atoms. The molecule has 0 bridgehead atoms. The lowest BCUT2D eigenvalue weighted by Gasteiger charge is -2.07. The van der Waals surface area contributed by atoms with E-state index in [9.17, 15) is 9.18 Å². The molecule has 0 aliphatic carbocycles. The van der Waals surface area contributed by atoms with Crippen molar-refractivity contribution in [2.75, 3.05) is 12.4 Å². The molecule has 4 rings (SSSR count). The molecule has 0 atom stereocenters. The van der Waals surface area contributed by atoms with Gasteiger partial charge in [-0.1, -0.05) is 17.3 Å². The van der Waals surface area contributed by atoms with Gasteiger partial charge in [-0.2, -0.15) is 0 Å². The largest absolute Gasteiger partial charge is 0.497 e. The summed E-state index contributed by atoms with van der Waals surface area (Å²) in [5.74, 6) is 0.216. The summed E-state index contributed by atoms with van der Waals surface area (Å²) in [7, 11) is 1.57. The molecule has 0 spiro atoms. The maximum Gasteiger partial charge on any atom is 0.241 e. The fraction of sp³-hybridized carbons (Fsp3) is 0.130. The van der Waals surface area contributed by atoms with Crippen molar-refractivity contribution in [3.05, 3.63) is 78.0 Å². The number of methoxy groups -OCH3 is 1. The van der Waals surface area contributed by atoms with Gasteiger partial charge in [0.2, 0.25) is 11.8 Å². The Balaban J connectivity index is 1.68. The lowest BCUT2D eigenvalue weighted by Crippen LogP contribution is -2.14. The van der Waals surface area contributed by atoms with E-state index >= 15 is 0 Å². The summed E-state index contributed by atoms with van der Waals surface area (Å²) in [6, 6.07) is 13.6. The number of ether oxygens (including phenoxy) is 1. The molecule has 1 amide bonds. The average Bonchev–Trinajstić information content (AvgIpc) is 3.19. The minimum absolute atomic E-state index is 0.117. The van der Waals surface area contributed by atoms with Gasteiger partial charge in [0.25, 0.3) is 0 Å². The number of halogens is 1. The van der Waals surface area contributed by atoms with E-state index < -0.39 is 0 Å². The molecule has 0 fully saturated rings. The second-order valence-electron chi connectivity index (χ2n) is 6.87. The molecule has 2 heterocycles. The molecule has 0 aliphatic rings. The number of hydrogen-bond donors (Lipinski definition) is 1. The molecule has 1 N–H and O–H groups in total. The van der Waals surface area contributed by atoms with E-state index in [1.807, 2.05) is 18.2 Å². The Bertz CT molecular complexity index is 1220. The predicted octanol–water partition coefficient (Wildman–Crippen LogP) is 4.44. The maximum atomic E-state index is 13.7. The average molecular weight is 418 g/mol. The monoisotopic (exact) mass is 418 g/mol. The van der Waals surface area contributed by atoms with Crippen molar-refractivity contribution < 1.29 is 18.4 Å². The van der Waals surface area contributed by atoms with E-state index in [4.69, 9.17) is 9.26 Å². The number of aryl methyl sites for hydroxylation is 1. The summed E-state index contributed by atoms with van der Waals surface area (Å²) in [6.45, 7) is 1.67. The van der Waals surface area contributed by atoms with E-state index in [1.54, 1.807) is 44.5 Å². The van der Waals surface area contributed by atoms with Gasteiger partial charge in [-0.25, -0.2) is 14.4 Å². The van der Waals surface area contributed by atoms with Gasteiger partial charge in [0.05, 0.1) is 24.8 Å². The second-order valence-corrected chi connectivity index (χ2v) is 6.87. The van der Waals surface area contributed by atoms with Crippen LogP contribution in [0, 0.1) is 12.7 Å². The maximum absolute atomic E-state index is 13.7. The number of nitrogens with one attached hydrogen (secondary N) is 1. The number of carbonyl (C=O) groups excluding carboxylic acids is 1. The predicted molar refractivity (Wildman–Crippen MR) is 113 cm³/mol. The van der Waals surface area contributed by atoms with E-state index in [2.05, 4.69) is 20.4 Å². The highest BCUT2D eigenvalue weighted by molar-refractivity contribution is 5.97. The smallest absolute Gasteiger partial charge is 0.241 e. The van der Waals surface area contributed by atoms with Gasteiger partial charge in [-0.05, 0) is 54.4 Å². The summed E-state index contributed by atoms with van der Waals surface area (Å²) in [5, 5.41) is 6.90. The number of amides is 1. The van der Waals surface area contributed by atoms with Gasteiger partial charge >= 0.3 is 0 Å². The van der Waals surface area contributed by atoms with Crippen LogP contribution in [-0.4, -0.2) is 28.1 Å². The fourth-order valence-electron chi connectivity index (χ4n) is 3.18. The lowest BCUT2D eigenvalue weighted by molar-refractivity contribution is -0.115. The zero-order valence-electron chi connectivity index (χ0n) is 16.9. The minimum Gasteiger partial charge on any atom is -0.497 e. The van der Waals surface area contributed by atoms with Crippen LogP contribution in [0.5, 0.6) is 5.75 Å². The van der Waals surface area contributed by atoms with Crippen molar-refractivity contribution in [1.82, 2.24) is 15.1 Å². The Hall–Kier alpha value is -4.07. The Morgan fingerprint density at radius 1 is 1.19 bits per heavy atom. The Labute approximate surface area is 177 Å². The van der Waals surface area contributed by atoms with Crippen LogP contribution in [0.4, 0.5) is 10.3 Å². The number of nitrogens with zero attached hydrogens (tertiary/aromatic N) is 3. The number of carbonyl (C=O) groups is 1. The van der Waals surface area contributed by atoms with E-state index in [1.165, 1.54) is 12.4 Å². The molecule has 0 unspecified atom stereocenters. The molecule has 7 nitrogen and oxygen atoms in total. The molecule has 0 saturated heterocycles. The van der Waals surface area contributed by atoms with Crippen molar-refractivity contribution in [2.45, 2.75) is 13.3 Å². The van der Waals surface area contributed by atoms with Gasteiger partial charge in [0.15, 0.2) is 0 Å². The zero-order valence-corrected chi connectivity index (χ0v) is 16.9. The van der Waals surface area contributed by atoms with Crippen LogP contribution in [0.2, 0.25) is 0 Å². The lowest BCUT2D eigenvalue weighted by atomic mass is 10.0. The first kappa shape index (κ1) is 20.2. The minimum atomic E-state index is -0.317. The molecular weight excluding hydrogens is 399 g/mol. The van der Waals surface area contributed by atoms with Crippen molar-refractivity contribution in [1.29, 1.82) is 0 Å². The van der Waals surface area contributed by atoms with Gasteiger partial charge in [-0.15, -0.1) is 0 Å². The highest BCUT2D eigenvalue weighted by Crippen LogP contribution is 2.37. The number of anilines is 1. The van der Waals surface area contributed by atoms with Crippen LogP contribution in [0.25, 0.3) is 22.5 Å². The number of rotatable bonds is 6. The number of hydrogen-bond acceptors (Lipinski definition) is 6.